The van der Waals surface area contributed by atoms with Crippen molar-refractivity contribution >= 4 is 27.1 Å². The van der Waals surface area contributed by atoms with Gasteiger partial charge in [-0.2, -0.15) is 0 Å². The van der Waals surface area contributed by atoms with Crippen LogP contribution >= 0.6 is 0 Å². The van der Waals surface area contributed by atoms with Gasteiger partial charge in [-0.05, 0) is 38.6 Å². The van der Waals surface area contributed by atoms with Crippen LogP contribution in [0, 0.1) is 6.92 Å². The van der Waals surface area contributed by atoms with Crippen LogP contribution in [0.4, 0.5) is 11.4 Å². The number of hydrogen-bond donors (Lipinski definition) is 2. The number of anilines is 2. The fourth-order valence-electron chi connectivity index (χ4n) is 1.72. The Hall–Kier alpha value is -1.60. The molecule has 0 bridgehead atoms. The summed E-state index contributed by atoms with van der Waals surface area (Å²) in [5.74, 6) is -0.168. The number of amides is 1. The number of nitrogens with one attached hydrogen (secondary N) is 1. The molecule has 0 aliphatic heterocycles. The molecule has 0 aliphatic carbocycles. The minimum Gasteiger partial charge on any atom is -0.399 e. The molecular formula is C14H23N3O3S. The highest BCUT2D eigenvalue weighted by molar-refractivity contribution is 7.90. The minimum absolute atomic E-state index is 0.0262. The second-order valence-corrected chi connectivity index (χ2v) is 7.61. The summed E-state index contributed by atoms with van der Waals surface area (Å²) in [5.41, 5.74) is 7.87. The van der Waals surface area contributed by atoms with Crippen molar-refractivity contribution < 1.29 is 13.2 Å². The molecule has 118 valence electrons. The molecule has 0 radical (unpaired) electrons. The topological polar surface area (TPSA) is 92.5 Å². The Morgan fingerprint density at radius 1 is 1.43 bits per heavy atom. The Kier molecular flexibility index (Phi) is 5.74. The molecule has 1 aromatic carbocycles. The van der Waals surface area contributed by atoms with E-state index in [1.165, 1.54) is 6.26 Å². The van der Waals surface area contributed by atoms with E-state index in [1.807, 2.05) is 13.0 Å². The smallest absolute Gasteiger partial charge is 0.241 e. The third kappa shape index (κ3) is 5.73. The van der Waals surface area contributed by atoms with Crippen LogP contribution in [-0.2, 0) is 14.6 Å². The fraction of sp³-hybridized carbons (Fsp3) is 0.500. The van der Waals surface area contributed by atoms with E-state index < -0.39 is 15.9 Å². The van der Waals surface area contributed by atoms with Gasteiger partial charge in [0.2, 0.25) is 5.91 Å². The summed E-state index contributed by atoms with van der Waals surface area (Å²) in [6.07, 6.45) is 1.18. The van der Waals surface area contributed by atoms with E-state index in [4.69, 9.17) is 5.73 Å². The third-order valence-electron chi connectivity index (χ3n) is 3.37. The lowest BCUT2D eigenvalue weighted by Crippen LogP contribution is -2.41. The maximum atomic E-state index is 12.2. The van der Waals surface area contributed by atoms with E-state index in [0.29, 0.717) is 17.9 Å². The number of carbonyl (C=O) groups excluding carboxylic acids is 1. The van der Waals surface area contributed by atoms with Crippen LogP contribution in [0.2, 0.25) is 0 Å². The number of rotatable bonds is 6. The van der Waals surface area contributed by atoms with Crippen molar-refractivity contribution in [2.45, 2.75) is 19.9 Å². The summed E-state index contributed by atoms with van der Waals surface area (Å²) >= 11 is 0. The van der Waals surface area contributed by atoms with Crippen molar-refractivity contribution in [3.05, 3.63) is 23.8 Å². The van der Waals surface area contributed by atoms with Gasteiger partial charge in [0.1, 0.15) is 9.84 Å². The van der Waals surface area contributed by atoms with Crippen LogP contribution in [0.1, 0.15) is 12.5 Å². The molecule has 0 heterocycles. The lowest BCUT2D eigenvalue weighted by atomic mass is 10.1. The number of nitrogens with two attached hydrogens (primary N) is 1. The number of carbonyl (C=O) groups is 1. The number of aryl methyl sites for hydroxylation is 1. The Morgan fingerprint density at radius 3 is 2.62 bits per heavy atom. The van der Waals surface area contributed by atoms with Crippen molar-refractivity contribution in [2.24, 2.45) is 0 Å². The lowest BCUT2D eigenvalue weighted by molar-refractivity contribution is -0.120. The average Bonchev–Trinajstić information content (AvgIpc) is 2.38. The van der Waals surface area contributed by atoms with Crippen molar-refractivity contribution in [3.8, 4) is 0 Å². The zero-order valence-corrected chi connectivity index (χ0v) is 13.7. The van der Waals surface area contributed by atoms with Crippen molar-refractivity contribution in [1.29, 1.82) is 0 Å². The van der Waals surface area contributed by atoms with Crippen LogP contribution in [0.5, 0.6) is 0 Å². The summed E-state index contributed by atoms with van der Waals surface area (Å²) in [4.78, 5) is 13.9. The summed E-state index contributed by atoms with van der Waals surface area (Å²) in [6, 6.07) is 4.87. The highest BCUT2D eigenvalue weighted by atomic mass is 32.2. The van der Waals surface area contributed by atoms with Gasteiger partial charge in [-0.15, -0.1) is 0 Å². The monoisotopic (exact) mass is 313 g/mol. The SMILES string of the molecule is Cc1ccc(N)cc1NC(=O)C(C)N(C)CCS(C)(=O)=O. The van der Waals surface area contributed by atoms with Gasteiger partial charge < -0.3 is 11.1 Å². The number of nitrogens with zero attached hydrogens (tertiary/aromatic N) is 1. The first-order chi connectivity index (χ1) is 9.60. The van der Waals surface area contributed by atoms with Gasteiger partial charge in [0.15, 0.2) is 0 Å². The zero-order valence-electron chi connectivity index (χ0n) is 12.9. The molecule has 1 amide bonds. The summed E-state index contributed by atoms with van der Waals surface area (Å²) in [6.45, 7) is 3.93. The van der Waals surface area contributed by atoms with Crippen LogP contribution in [0.25, 0.3) is 0 Å². The van der Waals surface area contributed by atoms with E-state index in [-0.39, 0.29) is 11.7 Å². The van der Waals surface area contributed by atoms with Gasteiger partial charge in [0.25, 0.3) is 0 Å². The van der Waals surface area contributed by atoms with Crippen LogP contribution < -0.4 is 11.1 Å². The fourth-order valence-corrected chi connectivity index (χ4v) is 2.33. The van der Waals surface area contributed by atoms with E-state index >= 15 is 0 Å². The predicted molar refractivity (Wildman–Crippen MR) is 86.0 cm³/mol. The first-order valence-corrected chi connectivity index (χ1v) is 8.71. The van der Waals surface area contributed by atoms with Crippen molar-refractivity contribution in [1.82, 2.24) is 4.90 Å². The molecule has 0 aliphatic rings. The lowest BCUT2D eigenvalue weighted by Gasteiger charge is -2.23. The number of hydrogen-bond acceptors (Lipinski definition) is 5. The molecule has 0 spiro atoms. The first kappa shape index (κ1) is 17.5. The Balaban J connectivity index is 2.68. The normalized spacial score (nSPS) is 13.2. The molecule has 6 nitrogen and oxygen atoms in total. The van der Waals surface area contributed by atoms with Gasteiger partial charge in [-0.25, -0.2) is 8.42 Å². The third-order valence-corrected chi connectivity index (χ3v) is 4.30. The van der Waals surface area contributed by atoms with Gasteiger partial charge in [0.05, 0.1) is 11.8 Å². The maximum Gasteiger partial charge on any atom is 0.241 e. The quantitative estimate of drug-likeness (QED) is 0.761. The molecule has 0 saturated carbocycles. The number of sulfone groups is 1. The molecular weight excluding hydrogens is 290 g/mol. The Labute approximate surface area is 126 Å². The van der Waals surface area contributed by atoms with E-state index in [0.717, 1.165) is 5.56 Å². The molecule has 7 heteroatoms. The first-order valence-electron chi connectivity index (χ1n) is 6.65. The van der Waals surface area contributed by atoms with Gasteiger partial charge in [-0.3, -0.25) is 9.69 Å². The highest BCUT2D eigenvalue weighted by Crippen LogP contribution is 2.18. The van der Waals surface area contributed by atoms with Gasteiger partial charge >= 0.3 is 0 Å². The van der Waals surface area contributed by atoms with E-state index in [2.05, 4.69) is 5.32 Å². The van der Waals surface area contributed by atoms with Crippen molar-refractivity contribution in [3.63, 3.8) is 0 Å². The number of nitrogen functional groups attached to an aromatic ring is 1. The number of likely N-dealkylation sites (N-methyl/N-ethyl adjacent to an activating group) is 1. The standard InChI is InChI=1S/C14H23N3O3S/c1-10-5-6-12(15)9-13(10)16-14(18)11(2)17(3)7-8-21(4,19)20/h5-6,9,11H,7-8,15H2,1-4H3,(H,16,18). The Morgan fingerprint density at radius 2 is 2.05 bits per heavy atom. The molecule has 0 saturated heterocycles. The van der Waals surface area contributed by atoms with Crippen LogP contribution in [0.15, 0.2) is 18.2 Å². The molecule has 1 aromatic rings. The summed E-state index contributed by atoms with van der Waals surface area (Å²) in [5, 5.41) is 2.82. The van der Waals surface area contributed by atoms with Gasteiger partial charge in [-0.1, -0.05) is 6.07 Å². The molecule has 0 fully saturated rings. The summed E-state index contributed by atoms with van der Waals surface area (Å²) < 4.78 is 22.3. The van der Waals surface area contributed by atoms with Crippen molar-refractivity contribution in [2.75, 3.05) is 36.7 Å². The average molecular weight is 313 g/mol. The maximum absolute atomic E-state index is 12.2. The number of benzene rings is 1. The largest absolute Gasteiger partial charge is 0.399 e. The molecule has 1 unspecified atom stereocenters. The molecule has 1 rings (SSSR count). The molecule has 1 atom stereocenters. The molecule has 21 heavy (non-hydrogen) atoms. The van der Waals surface area contributed by atoms with E-state index in [9.17, 15) is 13.2 Å². The highest BCUT2D eigenvalue weighted by Gasteiger charge is 2.19. The minimum atomic E-state index is -3.04. The second kappa shape index (κ2) is 6.91. The molecule has 0 aromatic heterocycles. The molecule has 3 N–H and O–H groups in total. The Bertz CT molecular complexity index is 614. The summed E-state index contributed by atoms with van der Waals surface area (Å²) in [7, 11) is -1.32. The van der Waals surface area contributed by atoms with Crippen LogP contribution in [0.3, 0.4) is 0 Å². The van der Waals surface area contributed by atoms with E-state index in [1.54, 1.807) is 31.0 Å². The zero-order chi connectivity index (χ0) is 16.2. The van der Waals surface area contributed by atoms with Gasteiger partial charge in [0, 0.05) is 24.2 Å². The van der Waals surface area contributed by atoms with Crippen LogP contribution in [-0.4, -0.2) is 50.9 Å². The predicted octanol–water partition coefficient (Wildman–Crippen LogP) is 0.881. The second-order valence-electron chi connectivity index (χ2n) is 5.35.